The number of carbonyl (C=O) groups is 1. The normalized spacial score (nSPS) is 26.2. The Kier molecular flexibility index (Phi) is 3.92. The molecule has 0 aromatic heterocycles. The zero-order valence-corrected chi connectivity index (χ0v) is 13.6. The average molecular weight is 290 g/mol. The zero-order chi connectivity index (χ0) is 15.9. The van der Waals surface area contributed by atoms with Crippen LogP contribution in [0.1, 0.15) is 53.0 Å². The van der Waals surface area contributed by atoms with Gasteiger partial charge in [-0.2, -0.15) is 0 Å². The first-order valence-electron chi connectivity index (χ1n) is 7.65. The van der Waals surface area contributed by atoms with Crippen molar-refractivity contribution in [3.05, 3.63) is 35.9 Å². The van der Waals surface area contributed by atoms with Crippen LogP contribution in [0.5, 0.6) is 0 Å². The summed E-state index contributed by atoms with van der Waals surface area (Å²) in [7, 11) is 0. The molecule has 2 unspecified atom stereocenters. The molecule has 0 bridgehead atoms. The minimum Gasteiger partial charge on any atom is -0.481 e. The van der Waals surface area contributed by atoms with Crippen molar-refractivity contribution in [2.75, 3.05) is 0 Å². The van der Waals surface area contributed by atoms with Crippen molar-refractivity contribution in [1.29, 1.82) is 0 Å². The first-order chi connectivity index (χ1) is 9.66. The van der Waals surface area contributed by atoms with Crippen molar-refractivity contribution in [3.8, 4) is 0 Å². The lowest BCUT2D eigenvalue weighted by Crippen LogP contribution is -2.49. The molecule has 0 amide bonds. The molecule has 1 N–H and O–H groups in total. The van der Waals surface area contributed by atoms with Crippen molar-refractivity contribution in [3.63, 3.8) is 0 Å². The number of rotatable bonds is 4. The number of ether oxygens (including phenoxy) is 1. The fourth-order valence-corrected chi connectivity index (χ4v) is 4.14. The van der Waals surface area contributed by atoms with Crippen LogP contribution in [-0.4, -0.2) is 22.3 Å². The lowest BCUT2D eigenvalue weighted by atomic mass is 9.62. The molecule has 3 heteroatoms. The van der Waals surface area contributed by atoms with E-state index in [1.54, 1.807) is 0 Å². The Hall–Kier alpha value is -1.35. The van der Waals surface area contributed by atoms with Gasteiger partial charge in [0.15, 0.2) is 0 Å². The van der Waals surface area contributed by atoms with Crippen LogP contribution in [0.15, 0.2) is 30.3 Å². The Morgan fingerprint density at radius 3 is 2.24 bits per heavy atom. The molecule has 21 heavy (non-hydrogen) atoms. The van der Waals surface area contributed by atoms with Gasteiger partial charge in [0.2, 0.25) is 0 Å². The third-order valence-electron chi connectivity index (χ3n) is 4.90. The molecule has 1 aromatic carbocycles. The van der Waals surface area contributed by atoms with Gasteiger partial charge in [-0.05, 0) is 46.1 Å². The molecular formula is C18H26O3. The summed E-state index contributed by atoms with van der Waals surface area (Å²) < 4.78 is 6.16. The van der Waals surface area contributed by atoms with Crippen LogP contribution in [0.25, 0.3) is 0 Å². The van der Waals surface area contributed by atoms with Crippen LogP contribution >= 0.6 is 0 Å². The van der Waals surface area contributed by atoms with E-state index >= 15 is 0 Å². The van der Waals surface area contributed by atoms with Gasteiger partial charge >= 0.3 is 5.97 Å². The van der Waals surface area contributed by atoms with Crippen LogP contribution in [0, 0.1) is 5.92 Å². The van der Waals surface area contributed by atoms with Gasteiger partial charge in [0.05, 0.1) is 16.6 Å². The molecule has 1 saturated heterocycles. The Labute approximate surface area is 127 Å². The van der Waals surface area contributed by atoms with Crippen molar-refractivity contribution < 1.29 is 14.6 Å². The number of aliphatic carboxylic acids is 1. The Balaban J connectivity index is 2.59. The molecule has 2 rings (SSSR count). The molecular weight excluding hydrogens is 264 g/mol. The van der Waals surface area contributed by atoms with Gasteiger partial charge in [-0.15, -0.1) is 0 Å². The van der Waals surface area contributed by atoms with E-state index in [-0.39, 0.29) is 11.5 Å². The Morgan fingerprint density at radius 2 is 1.86 bits per heavy atom. The van der Waals surface area contributed by atoms with Crippen molar-refractivity contribution in [2.24, 2.45) is 5.92 Å². The smallest absolute Gasteiger partial charge is 0.314 e. The average Bonchev–Trinajstić information content (AvgIpc) is 2.60. The molecule has 1 aliphatic rings. The summed E-state index contributed by atoms with van der Waals surface area (Å²) in [5.74, 6) is -0.819. The second kappa shape index (κ2) is 5.13. The van der Waals surface area contributed by atoms with Gasteiger partial charge in [0, 0.05) is 5.92 Å². The van der Waals surface area contributed by atoms with Gasteiger partial charge in [-0.25, -0.2) is 0 Å². The quantitative estimate of drug-likeness (QED) is 0.911. The van der Waals surface area contributed by atoms with Gasteiger partial charge in [0.1, 0.15) is 0 Å². The maximum atomic E-state index is 12.3. The number of hydrogen-bond acceptors (Lipinski definition) is 2. The molecule has 0 radical (unpaired) electrons. The SMILES string of the molecule is CCC(C(=O)O)(c1ccccc1)C1CC(C)(C)OC1(C)C. The van der Waals surface area contributed by atoms with E-state index in [1.165, 1.54) is 0 Å². The highest BCUT2D eigenvalue weighted by Gasteiger charge is 2.58. The third-order valence-corrected chi connectivity index (χ3v) is 4.90. The van der Waals surface area contributed by atoms with E-state index in [0.717, 1.165) is 12.0 Å². The maximum absolute atomic E-state index is 12.3. The molecule has 1 aromatic rings. The molecule has 0 saturated carbocycles. The molecule has 1 fully saturated rings. The molecule has 1 aliphatic heterocycles. The number of carboxylic acids is 1. The highest BCUT2D eigenvalue weighted by Crippen LogP contribution is 2.52. The van der Waals surface area contributed by atoms with Crippen LogP contribution in [0.2, 0.25) is 0 Å². The molecule has 2 atom stereocenters. The Morgan fingerprint density at radius 1 is 1.29 bits per heavy atom. The molecule has 3 nitrogen and oxygen atoms in total. The van der Waals surface area contributed by atoms with E-state index < -0.39 is 17.0 Å². The predicted molar refractivity (Wildman–Crippen MR) is 83.4 cm³/mol. The summed E-state index contributed by atoms with van der Waals surface area (Å²) in [6.45, 7) is 10.1. The standard InChI is InChI=1S/C18H26O3/c1-6-18(15(19)20,13-10-8-7-9-11-13)14-12-16(2,3)21-17(14,4)5/h7-11,14H,6,12H2,1-5H3,(H,19,20). The monoisotopic (exact) mass is 290 g/mol. The predicted octanol–water partition coefficient (Wildman–Crippen LogP) is 4.01. The maximum Gasteiger partial charge on any atom is 0.314 e. The van der Waals surface area contributed by atoms with Crippen LogP contribution in [0.4, 0.5) is 0 Å². The van der Waals surface area contributed by atoms with E-state index in [2.05, 4.69) is 0 Å². The lowest BCUT2D eigenvalue weighted by molar-refractivity contribution is -0.151. The number of hydrogen-bond donors (Lipinski definition) is 1. The van der Waals surface area contributed by atoms with E-state index in [9.17, 15) is 9.90 Å². The minimum atomic E-state index is -0.904. The molecule has 1 heterocycles. The Bertz CT molecular complexity index is 519. The first kappa shape index (κ1) is 16.0. The lowest BCUT2D eigenvalue weighted by Gasteiger charge is -2.40. The van der Waals surface area contributed by atoms with Crippen molar-refractivity contribution in [1.82, 2.24) is 0 Å². The summed E-state index contributed by atoms with van der Waals surface area (Å²) in [4.78, 5) is 12.3. The zero-order valence-electron chi connectivity index (χ0n) is 13.6. The van der Waals surface area contributed by atoms with Gasteiger partial charge in [-0.3, -0.25) is 4.79 Å². The summed E-state index contributed by atoms with van der Waals surface area (Å²) in [6.07, 6.45) is 1.30. The highest BCUT2D eigenvalue weighted by molar-refractivity contribution is 5.82. The molecule has 0 spiro atoms. The summed E-state index contributed by atoms with van der Waals surface area (Å²) in [5, 5.41) is 10.1. The summed E-state index contributed by atoms with van der Waals surface area (Å²) in [5.41, 5.74) is -0.787. The molecule has 116 valence electrons. The minimum absolute atomic E-state index is 0.0649. The van der Waals surface area contributed by atoms with Crippen molar-refractivity contribution in [2.45, 2.75) is 64.1 Å². The summed E-state index contributed by atoms with van der Waals surface area (Å²) >= 11 is 0. The fourth-order valence-electron chi connectivity index (χ4n) is 4.14. The third kappa shape index (κ3) is 2.59. The van der Waals surface area contributed by atoms with Gasteiger partial charge < -0.3 is 9.84 Å². The van der Waals surface area contributed by atoms with E-state index in [0.29, 0.717) is 6.42 Å². The van der Waals surface area contributed by atoms with Crippen LogP contribution in [-0.2, 0) is 14.9 Å². The van der Waals surface area contributed by atoms with Gasteiger partial charge in [0.25, 0.3) is 0 Å². The van der Waals surface area contributed by atoms with E-state index in [4.69, 9.17) is 4.74 Å². The first-order valence-corrected chi connectivity index (χ1v) is 7.65. The largest absolute Gasteiger partial charge is 0.481 e. The summed E-state index contributed by atoms with van der Waals surface area (Å²) in [6, 6.07) is 9.61. The fraction of sp³-hybridized carbons (Fsp3) is 0.611. The topological polar surface area (TPSA) is 46.5 Å². The van der Waals surface area contributed by atoms with Gasteiger partial charge in [-0.1, -0.05) is 37.3 Å². The van der Waals surface area contributed by atoms with Crippen molar-refractivity contribution >= 4 is 5.97 Å². The van der Waals surface area contributed by atoms with E-state index in [1.807, 2.05) is 65.0 Å². The second-order valence-electron chi connectivity index (χ2n) is 7.22. The highest BCUT2D eigenvalue weighted by atomic mass is 16.5. The van der Waals surface area contributed by atoms with Crippen LogP contribution < -0.4 is 0 Å². The number of benzene rings is 1. The van der Waals surface area contributed by atoms with Crippen LogP contribution in [0.3, 0.4) is 0 Å². The molecule has 0 aliphatic carbocycles. The second-order valence-corrected chi connectivity index (χ2v) is 7.22. The number of carboxylic acid groups (broad SMARTS) is 1.